The number of anilines is 2. The van der Waals surface area contributed by atoms with E-state index in [0.717, 1.165) is 5.69 Å². The molecular formula is C17H19N3O3. The Kier molecular flexibility index (Phi) is 4.36. The molecule has 0 aliphatic rings. The molecule has 2 aromatic rings. The maximum Gasteiger partial charge on any atom is 0.293 e. The van der Waals surface area contributed by atoms with Crippen LogP contribution in [0, 0.1) is 10.1 Å². The fourth-order valence-corrected chi connectivity index (χ4v) is 2.15. The van der Waals surface area contributed by atoms with E-state index >= 15 is 0 Å². The maximum absolute atomic E-state index is 11.2. The Hall–Kier alpha value is -2.89. The first-order valence-corrected chi connectivity index (χ1v) is 7.14. The Bertz CT molecular complexity index is 747. The number of amides is 1. The van der Waals surface area contributed by atoms with Gasteiger partial charge in [-0.25, -0.2) is 0 Å². The first-order chi connectivity index (χ1) is 10.7. The van der Waals surface area contributed by atoms with Crippen LogP contribution in [0.15, 0.2) is 42.5 Å². The van der Waals surface area contributed by atoms with Crippen molar-refractivity contribution in [2.24, 2.45) is 5.73 Å². The van der Waals surface area contributed by atoms with Gasteiger partial charge in [-0.1, -0.05) is 32.9 Å². The van der Waals surface area contributed by atoms with Gasteiger partial charge in [-0.15, -0.1) is 0 Å². The summed E-state index contributed by atoms with van der Waals surface area (Å²) in [5.74, 6) is -0.700. The van der Waals surface area contributed by atoms with Gasteiger partial charge in [0.2, 0.25) is 5.91 Å². The smallest absolute Gasteiger partial charge is 0.293 e. The third kappa shape index (κ3) is 3.85. The van der Waals surface area contributed by atoms with Crippen molar-refractivity contribution < 1.29 is 9.72 Å². The molecule has 0 aromatic heterocycles. The minimum absolute atomic E-state index is 0.0354. The van der Waals surface area contributed by atoms with E-state index in [2.05, 4.69) is 26.1 Å². The number of rotatable bonds is 4. The van der Waals surface area contributed by atoms with E-state index in [4.69, 9.17) is 5.73 Å². The predicted octanol–water partition coefficient (Wildman–Crippen LogP) is 3.73. The molecule has 0 bridgehead atoms. The number of nitro benzene ring substituents is 1. The average molecular weight is 313 g/mol. The highest BCUT2D eigenvalue weighted by Crippen LogP contribution is 2.30. The van der Waals surface area contributed by atoms with E-state index in [-0.39, 0.29) is 16.7 Å². The molecule has 3 N–H and O–H groups in total. The van der Waals surface area contributed by atoms with Crippen LogP contribution in [0.1, 0.15) is 36.7 Å². The van der Waals surface area contributed by atoms with E-state index < -0.39 is 10.8 Å². The van der Waals surface area contributed by atoms with Crippen LogP contribution in [0.3, 0.4) is 0 Å². The van der Waals surface area contributed by atoms with E-state index in [1.54, 1.807) is 0 Å². The second-order valence-electron chi connectivity index (χ2n) is 6.31. The van der Waals surface area contributed by atoms with Crippen molar-refractivity contribution in [3.63, 3.8) is 0 Å². The average Bonchev–Trinajstić information content (AvgIpc) is 2.46. The highest BCUT2D eigenvalue weighted by Gasteiger charge is 2.17. The molecule has 0 aliphatic heterocycles. The van der Waals surface area contributed by atoms with Crippen molar-refractivity contribution in [1.29, 1.82) is 0 Å². The van der Waals surface area contributed by atoms with Gasteiger partial charge in [0, 0.05) is 17.3 Å². The molecule has 2 rings (SSSR count). The molecule has 0 saturated heterocycles. The van der Waals surface area contributed by atoms with Gasteiger partial charge in [-0.2, -0.15) is 0 Å². The normalized spacial score (nSPS) is 11.1. The highest BCUT2D eigenvalue weighted by molar-refractivity contribution is 5.94. The molecule has 120 valence electrons. The highest BCUT2D eigenvalue weighted by atomic mass is 16.6. The van der Waals surface area contributed by atoms with Gasteiger partial charge < -0.3 is 11.1 Å². The second-order valence-corrected chi connectivity index (χ2v) is 6.31. The van der Waals surface area contributed by atoms with E-state index in [0.29, 0.717) is 5.69 Å². The molecule has 0 atom stereocenters. The van der Waals surface area contributed by atoms with Crippen molar-refractivity contribution >= 4 is 23.0 Å². The largest absolute Gasteiger partial charge is 0.366 e. The van der Waals surface area contributed by atoms with Crippen LogP contribution in [0.25, 0.3) is 0 Å². The number of benzene rings is 2. The first-order valence-electron chi connectivity index (χ1n) is 7.14. The van der Waals surface area contributed by atoms with E-state index in [1.807, 2.05) is 24.3 Å². The van der Waals surface area contributed by atoms with Gasteiger partial charge in [-0.3, -0.25) is 14.9 Å². The lowest BCUT2D eigenvalue weighted by Crippen LogP contribution is -2.11. The summed E-state index contributed by atoms with van der Waals surface area (Å²) in [5, 5.41) is 14.2. The minimum atomic E-state index is -0.700. The maximum atomic E-state index is 11.2. The number of nitro groups is 1. The summed E-state index contributed by atoms with van der Waals surface area (Å²) < 4.78 is 0. The van der Waals surface area contributed by atoms with Crippen molar-refractivity contribution in [2.45, 2.75) is 26.2 Å². The molecule has 1 amide bonds. The zero-order valence-electron chi connectivity index (χ0n) is 13.3. The van der Waals surface area contributed by atoms with Gasteiger partial charge in [0.15, 0.2) is 0 Å². The fourth-order valence-electron chi connectivity index (χ4n) is 2.15. The lowest BCUT2D eigenvalue weighted by Gasteiger charge is -2.19. The van der Waals surface area contributed by atoms with Crippen molar-refractivity contribution in [3.05, 3.63) is 63.7 Å². The summed E-state index contributed by atoms with van der Waals surface area (Å²) in [6.45, 7) is 6.34. The Morgan fingerprint density at radius 2 is 1.74 bits per heavy atom. The second kappa shape index (κ2) is 6.08. The molecule has 6 heteroatoms. The van der Waals surface area contributed by atoms with Crippen molar-refractivity contribution in [2.75, 3.05) is 5.32 Å². The predicted molar refractivity (Wildman–Crippen MR) is 90.0 cm³/mol. The fraction of sp³-hybridized carbons (Fsp3) is 0.235. The number of carbonyl (C=O) groups excluding carboxylic acids is 1. The molecule has 0 unspecified atom stereocenters. The first kappa shape index (κ1) is 16.5. The quantitative estimate of drug-likeness (QED) is 0.663. The third-order valence-electron chi connectivity index (χ3n) is 3.51. The van der Waals surface area contributed by atoms with Crippen molar-refractivity contribution in [1.82, 2.24) is 0 Å². The molecule has 0 heterocycles. The van der Waals surface area contributed by atoms with Crippen LogP contribution in [0.2, 0.25) is 0 Å². The van der Waals surface area contributed by atoms with Crippen LogP contribution < -0.4 is 11.1 Å². The Labute approximate surface area is 134 Å². The van der Waals surface area contributed by atoms with Crippen LogP contribution in [-0.4, -0.2) is 10.8 Å². The number of hydrogen-bond acceptors (Lipinski definition) is 4. The summed E-state index contributed by atoms with van der Waals surface area (Å²) >= 11 is 0. The van der Waals surface area contributed by atoms with Crippen LogP contribution in [-0.2, 0) is 5.41 Å². The van der Waals surface area contributed by atoms with E-state index in [1.165, 1.54) is 23.8 Å². The van der Waals surface area contributed by atoms with Gasteiger partial charge in [0.05, 0.1) is 4.92 Å². The lowest BCUT2D eigenvalue weighted by atomic mass is 9.87. The zero-order valence-corrected chi connectivity index (χ0v) is 13.3. The third-order valence-corrected chi connectivity index (χ3v) is 3.51. The lowest BCUT2D eigenvalue weighted by molar-refractivity contribution is -0.383. The molecule has 0 saturated carbocycles. The van der Waals surface area contributed by atoms with Gasteiger partial charge in [0.1, 0.15) is 5.69 Å². The van der Waals surface area contributed by atoms with Gasteiger partial charge in [0.25, 0.3) is 5.69 Å². The number of nitrogens with one attached hydrogen (secondary N) is 1. The summed E-state index contributed by atoms with van der Waals surface area (Å²) in [6.07, 6.45) is 0. The zero-order chi connectivity index (χ0) is 17.2. The number of hydrogen-bond donors (Lipinski definition) is 2. The summed E-state index contributed by atoms with van der Waals surface area (Å²) in [6, 6.07) is 11.8. The molecule has 0 spiro atoms. The van der Waals surface area contributed by atoms with Crippen molar-refractivity contribution in [3.8, 4) is 0 Å². The molecule has 6 nitrogen and oxygen atoms in total. The van der Waals surface area contributed by atoms with E-state index in [9.17, 15) is 14.9 Å². The van der Waals surface area contributed by atoms with Crippen LogP contribution in [0.4, 0.5) is 17.1 Å². The topological polar surface area (TPSA) is 98.3 Å². The summed E-state index contributed by atoms with van der Waals surface area (Å²) in [7, 11) is 0. The monoisotopic (exact) mass is 313 g/mol. The number of nitrogens with two attached hydrogens (primary N) is 1. The van der Waals surface area contributed by atoms with Gasteiger partial charge in [-0.05, 0) is 35.2 Å². The Balaban J connectivity index is 2.32. The number of nitrogens with zero attached hydrogens (tertiary/aromatic N) is 1. The van der Waals surface area contributed by atoms with Crippen LogP contribution >= 0.6 is 0 Å². The molecule has 23 heavy (non-hydrogen) atoms. The Morgan fingerprint density at radius 1 is 1.13 bits per heavy atom. The summed E-state index contributed by atoms with van der Waals surface area (Å²) in [4.78, 5) is 21.8. The molecule has 0 fully saturated rings. The molecular weight excluding hydrogens is 294 g/mol. The number of carbonyl (C=O) groups is 1. The minimum Gasteiger partial charge on any atom is -0.366 e. The molecule has 0 aliphatic carbocycles. The number of primary amides is 1. The summed E-state index contributed by atoms with van der Waals surface area (Å²) in [5.41, 5.74) is 7.31. The SMILES string of the molecule is CC(C)(C)c1ccc(Nc2ccc(C(N)=O)cc2[N+](=O)[O-])cc1. The van der Waals surface area contributed by atoms with Gasteiger partial charge >= 0.3 is 0 Å². The standard InChI is InChI=1S/C17H19N3O3/c1-17(2,3)12-5-7-13(8-6-12)19-14-9-4-11(16(18)21)10-15(14)20(22)23/h4-10,19H,1-3H3,(H2,18,21). The molecule has 0 radical (unpaired) electrons. The van der Waals surface area contributed by atoms with Crippen LogP contribution in [0.5, 0.6) is 0 Å². The Morgan fingerprint density at radius 3 is 2.22 bits per heavy atom. The molecule has 2 aromatic carbocycles.